The number of nitriles is 1. The SMILES string of the molecule is N#CCNC(=O)CS(=O)(=O)c1cc(C(=O)O)cc(F)c1F. The molecular formula is C11H8F2N2O5S. The maximum atomic E-state index is 13.5. The number of hydrogen-bond acceptors (Lipinski definition) is 5. The number of hydrogen-bond donors (Lipinski definition) is 2. The lowest BCUT2D eigenvalue weighted by Gasteiger charge is -2.07. The first-order valence-electron chi connectivity index (χ1n) is 5.27. The Hall–Kier alpha value is -2.54. The smallest absolute Gasteiger partial charge is 0.335 e. The Balaban J connectivity index is 3.22. The van der Waals surface area contributed by atoms with Crippen LogP contribution in [0.15, 0.2) is 17.0 Å². The van der Waals surface area contributed by atoms with Crippen LogP contribution < -0.4 is 5.32 Å². The van der Waals surface area contributed by atoms with Gasteiger partial charge in [0.05, 0.1) is 11.6 Å². The van der Waals surface area contributed by atoms with Crippen LogP contribution in [0, 0.1) is 23.0 Å². The molecule has 112 valence electrons. The minimum absolute atomic E-state index is 0.326. The lowest BCUT2D eigenvalue weighted by Crippen LogP contribution is -2.31. The Morgan fingerprint density at radius 2 is 1.95 bits per heavy atom. The minimum atomic E-state index is -4.60. The zero-order valence-corrected chi connectivity index (χ0v) is 11.1. The number of nitrogens with one attached hydrogen (secondary N) is 1. The van der Waals surface area contributed by atoms with Crippen LogP contribution in [0.3, 0.4) is 0 Å². The van der Waals surface area contributed by atoms with Crippen LogP contribution in [0.25, 0.3) is 0 Å². The largest absolute Gasteiger partial charge is 0.478 e. The van der Waals surface area contributed by atoms with Crippen LogP contribution in [0.1, 0.15) is 10.4 Å². The molecule has 0 aliphatic heterocycles. The lowest BCUT2D eigenvalue weighted by molar-refractivity contribution is -0.118. The number of carboxylic acids is 1. The van der Waals surface area contributed by atoms with Gasteiger partial charge in [-0.1, -0.05) is 0 Å². The molecule has 0 aromatic heterocycles. The molecule has 0 radical (unpaired) electrons. The maximum absolute atomic E-state index is 13.5. The highest BCUT2D eigenvalue weighted by Gasteiger charge is 2.27. The van der Waals surface area contributed by atoms with Crippen LogP contribution in [0.5, 0.6) is 0 Å². The average molecular weight is 318 g/mol. The van der Waals surface area contributed by atoms with Crippen molar-refractivity contribution < 1.29 is 31.9 Å². The first kappa shape index (κ1) is 16.5. The minimum Gasteiger partial charge on any atom is -0.478 e. The summed E-state index contributed by atoms with van der Waals surface area (Å²) in [6.45, 7) is -0.458. The summed E-state index contributed by atoms with van der Waals surface area (Å²) in [5, 5.41) is 18.8. The van der Waals surface area contributed by atoms with E-state index in [-0.39, 0.29) is 0 Å². The summed E-state index contributed by atoms with van der Waals surface area (Å²) < 4.78 is 50.4. The van der Waals surface area contributed by atoms with Crippen molar-refractivity contribution in [3.8, 4) is 6.07 Å². The van der Waals surface area contributed by atoms with Gasteiger partial charge < -0.3 is 10.4 Å². The van der Waals surface area contributed by atoms with Crippen molar-refractivity contribution in [2.24, 2.45) is 0 Å². The van der Waals surface area contributed by atoms with Crippen molar-refractivity contribution in [3.05, 3.63) is 29.3 Å². The van der Waals surface area contributed by atoms with E-state index >= 15 is 0 Å². The Labute approximate surface area is 117 Å². The van der Waals surface area contributed by atoms with Crippen molar-refractivity contribution in [3.63, 3.8) is 0 Å². The number of sulfone groups is 1. The number of benzene rings is 1. The van der Waals surface area contributed by atoms with Gasteiger partial charge in [0.15, 0.2) is 21.5 Å². The van der Waals surface area contributed by atoms with E-state index in [0.717, 1.165) is 0 Å². The number of carboxylic acid groups (broad SMARTS) is 1. The summed E-state index contributed by atoms with van der Waals surface area (Å²) in [6, 6.07) is 2.28. The fraction of sp³-hybridized carbons (Fsp3) is 0.182. The second-order valence-electron chi connectivity index (χ2n) is 3.77. The Bertz CT molecular complexity index is 740. The normalized spacial score (nSPS) is 10.7. The molecule has 1 rings (SSSR count). The molecule has 10 heteroatoms. The fourth-order valence-electron chi connectivity index (χ4n) is 1.35. The van der Waals surface area contributed by atoms with E-state index < -0.39 is 56.1 Å². The second-order valence-corrected chi connectivity index (χ2v) is 5.73. The highest BCUT2D eigenvalue weighted by molar-refractivity contribution is 7.92. The molecule has 0 unspecified atom stereocenters. The number of carbonyl (C=O) groups is 2. The van der Waals surface area contributed by atoms with E-state index in [0.29, 0.717) is 12.1 Å². The van der Waals surface area contributed by atoms with Gasteiger partial charge in [-0.3, -0.25) is 4.79 Å². The number of carbonyl (C=O) groups excluding carboxylic acids is 1. The highest BCUT2D eigenvalue weighted by Crippen LogP contribution is 2.21. The summed E-state index contributed by atoms with van der Waals surface area (Å²) >= 11 is 0. The molecule has 0 saturated heterocycles. The maximum Gasteiger partial charge on any atom is 0.335 e. The van der Waals surface area contributed by atoms with Gasteiger partial charge in [-0.2, -0.15) is 5.26 Å². The summed E-state index contributed by atoms with van der Waals surface area (Å²) in [6.07, 6.45) is 0. The zero-order chi connectivity index (χ0) is 16.2. The molecule has 2 N–H and O–H groups in total. The molecule has 7 nitrogen and oxygen atoms in total. The van der Waals surface area contributed by atoms with Crippen molar-refractivity contribution in [2.75, 3.05) is 12.3 Å². The number of halogens is 2. The van der Waals surface area contributed by atoms with Crippen molar-refractivity contribution >= 4 is 21.7 Å². The van der Waals surface area contributed by atoms with Crippen LogP contribution >= 0.6 is 0 Å². The number of aromatic carboxylic acids is 1. The standard InChI is InChI=1S/C11H8F2N2O5S/c12-7-3-6(11(17)18)4-8(10(7)13)21(19,20)5-9(16)15-2-1-14/h3-4H,2,5H2,(H,15,16)(H,17,18). The quantitative estimate of drug-likeness (QED) is 0.741. The third-order valence-corrected chi connectivity index (χ3v) is 3.87. The molecule has 1 aromatic carbocycles. The molecule has 0 saturated carbocycles. The summed E-state index contributed by atoms with van der Waals surface area (Å²) in [5.74, 6) is -7.43. The average Bonchev–Trinajstić information content (AvgIpc) is 2.38. The van der Waals surface area contributed by atoms with E-state index in [9.17, 15) is 26.8 Å². The molecule has 0 aliphatic rings. The van der Waals surface area contributed by atoms with Gasteiger partial charge >= 0.3 is 5.97 Å². The fourth-order valence-corrected chi connectivity index (χ4v) is 2.63. The third kappa shape index (κ3) is 3.96. The van der Waals surface area contributed by atoms with Crippen LogP contribution in [0.4, 0.5) is 8.78 Å². The monoisotopic (exact) mass is 318 g/mol. The number of nitrogens with zero attached hydrogens (tertiary/aromatic N) is 1. The van der Waals surface area contributed by atoms with Crippen molar-refractivity contribution in [1.29, 1.82) is 5.26 Å². The molecule has 0 spiro atoms. The first-order chi connectivity index (χ1) is 9.69. The first-order valence-corrected chi connectivity index (χ1v) is 6.93. The summed E-state index contributed by atoms with van der Waals surface area (Å²) in [7, 11) is -4.60. The van der Waals surface area contributed by atoms with Gasteiger partial charge in [-0.25, -0.2) is 22.0 Å². The number of amides is 1. The van der Waals surface area contributed by atoms with Gasteiger partial charge in [-0.15, -0.1) is 0 Å². The zero-order valence-electron chi connectivity index (χ0n) is 10.3. The molecule has 0 atom stereocenters. The van der Waals surface area contributed by atoms with Crippen LogP contribution in [-0.2, 0) is 14.6 Å². The summed E-state index contributed by atoms with van der Waals surface area (Å²) in [4.78, 5) is 20.7. The van der Waals surface area contributed by atoms with E-state index in [1.807, 2.05) is 5.32 Å². The van der Waals surface area contributed by atoms with Gasteiger partial charge in [0.25, 0.3) is 0 Å². The molecule has 1 amide bonds. The van der Waals surface area contributed by atoms with Crippen molar-refractivity contribution in [1.82, 2.24) is 5.32 Å². The number of rotatable bonds is 5. The summed E-state index contributed by atoms with van der Waals surface area (Å²) in [5.41, 5.74) is -0.773. The lowest BCUT2D eigenvalue weighted by atomic mass is 10.2. The van der Waals surface area contributed by atoms with Crippen molar-refractivity contribution in [2.45, 2.75) is 4.90 Å². The molecule has 21 heavy (non-hydrogen) atoms. The van der Waals surface area contributed by atoms with Gasteiger partial charge in [0.2, 0.25) is 5.91 Å². The topological polar surface area (TPSA) is 124 Å². The molecule has 0 heterocycles. The molecular weight excluding hydrogens is 310 g/mol. The Morgan fingerprint density at radius 3 is 2.48 bits per heavy atom. The third-order valence-electron chi connectivity index (χ3n) is 2.26. The Morgan fingerprint density at radius 1 is 1.33 bits per heavy atom. The molecule has 0 bridgehead atoms. The van der Waals surface area contributed by atoms with E-state index in [2.05, 4.69) is 0 Å². The van der Waals surface area contributed by atoms with E-state index in [1.54, 1.807) is 0 Å². The van der Waals surface area contributed by atoms with E-state index in [1.165, 1.54) is 6.07 Å². The predicted molar refractivity (Wildman–Crippen MR) is 64.0 cm³/mol. The van der Waals surface area contributed by atoms with Gasteiger partial charge in [0, 0.05) is 0 Å². The predicted octanol–water partition coefficient (Wildman–Crippen LogP) is 0.0765. The Kier molecular flexibility index (Phi) is 4.93. The molecule has 0 fully saturated rings. The van der Waals surface area contributed by atoms with Crippen LogP contribution in [0.2, 0.25) is 0 Å². The van der Waals surface area contributed by atoms with Crippen LogP contribution in [-0.4, -0.2) is 37.7 Å². The van der Waals surface area contributed by atoms with Gasteiger partial charge in [-0.05, 0) is 12.1 Å². The molecule has 0 aliphatic carbocycles. The molecule has 1 aromatic rings. The van der Waals surface area contributed by atoms with Gasteiger partial charge in [0.1, 0.15) is 17.2 Å². The van der Waals surface area contributed by atoms with E-state index in [4.69, 9.17) is 10.4 Å². The highest BCUT2D eigenvalue weighted by atomic mass is 32.2. The second kappa shape index (κ2) is 6.27.